The van der Waals surface area contributed by atoms with E-state index in [1.54, 1.807) is 6.07 Å². The molecule has 5 nitrogen and oxygen atoms in total. The number of benzene rings is 2. The number of nitrogens with zero attached hydrogens (tertiary/aromatic N) is 4. The van der Waals surface area contributed by atoms with Crippen LogP contribution in [0.5, 0.6) is 0 Å². The molecule has 0 bridgehead atoms. The summed E-state index contributed by atoms with van der Waals surface area (Å²) in [6.45, 7) is 6.07. The molecule has 0 atom stereocenters. The van der Waals surface area contributed by atoms with Gasteiger partial charge in [0, 0.05) is 50.3 Å². The molecule has 1 aliphatic rings. The van der Waals surface area contributed by atoms with E-state index in [0.717, 1.165) is 28.7 Å². The van der Waals surface area contributed by atoms with E-state index in [4.69, 9.17) is 0 Å². The number of aryl methyl sites for hydroxylation is 3. The van der Waals surface area contributed by atoms with Crippen molar-refractivity contribution in [1.29, 1.82) is 0 Å². The highest BCUT2D eigenvalue weighted by Gasteiger charge is 2.31. The molecule has 1 aromatic heterocycles. The molecule has 1 amide bonds. The zero-order valence-electron chi connectivity index (χ0n) is 20.0. The summed E-state index contributed by atoms with van der Waals surface area (Å²) in [6, 6.07) is 15.4. The van der Waals surface area contributed by atoms with Gasteiger partial charge in [-0.3, -0.25) is 4.79 Å². The van der Waals surface area contributed by atoms with Crippen molar-refractivity contribution in [1.82, 2.24) is 14.9 Å². The van der Waals surface area contributed by atoms with E-state index >= 15 is 0 Å². The van der Waals surface area contributed by atoms with Crippen molar-refractivity contribution < 1.29 is 18.0 Å². The second kappa shape index (κ2) is 10.5. The summed E-state index contributed by atoms with van der Waals surface area (Å²) in [5, 5.41) is 0. The molecular formula is C27H29F3N4O. The molecule has 0 saturated carbocycles. The lowest BCUT2D eigenvalue weighted by atomic mass is 10.0. The van der Waals surface area contributed by atoms with Gasteiger partial charge in [0.1, 0.15) is 11.6 Å². The van der Waals surface area contributed by atoms with Crippen LogP contribution in [0.15, 0.2) is 54.6 Å². The van der Waals surface area contributed by atoms with Crippen LogP contribution in [0.4, 0.5) is 19.0 Å². The van der Waals surface area contributed by atoms with Crippen molar-refractivity contribution in [2.24, 2.45) is 0 Å². The highest BCUT2D eigenvalue weighted by atomic mass is 19.4. The number of carbonyl (C=O) groups excluding carboxylic acids is 1. The maximum Gasteiger partial charge on any atom is 0.416 e. The fourth-order valence-electron chi connectivity index (χ4n) is 4.47. The topological polar surface area (TPSA) is 49.3 Å². The van der Waals surface area contributed by atoms with Crippen LogP contribution >= 0.6 is 0 Å². The minimum atomic E-state index is -4.39. The third-order valence-electron chi connectivity index (χ3n) is 6.34. The third-order valence-corrected chi connectivity index (χ3v) is 6.34. The maximum absolute atomic E-state index is 13.2. The maximum atomic E-state index is 13.2. The van der Waals surface area contributed by atoms with Crippen LogP contribution in [0.3, 0.4) is 0 Å². The Hall–Kier alpha value is -3.42. The van der Waals surface area contributed by atoms with Crippen molar-refractivity contribution in [3.8, 4) is 0 Å². The Bertz CT molecular complexity index is 1170. The summed E-state index contributed by atoms with van der Waals surface area (Å²) in [5.41, 5.74) is 2.62. The Morgan fingerprint density at radius 1 is 0.914 bits per heavy atom. The first-order valence-electron chi connectivity index (χ1n) is 11.8. The summed E-state index contributed by atoms with van der Waals surface area (Å²) in [4.78, 5) is 25.9. The summed E-state index contributed by atoms with van der Waals surface area (Å²) < 4.78 is 39.6. The number of halogens is 3. The number of hydrogen-bond acceptors (Lipinski definition) is 4. The van der Waals surface area contributed by atoms with Gasteiger partial charge in [-0.1, -0.05) is 48.5 Å². The van der Waals surface area contributed by atoms with Gasteiger partial charge in [-0.05, 0) is 37.5 Å². The first kappa shape index (κ1) is 24.7. The fourth-order valence-corrected chi connectivity index (χ4v) is 4.47. The molecule has 1 aliphatic heterocycles. The Labute approximate surface area is 203 Å². The molecule has 184 valence electrons. The quantitative estimate of drug-likeness (QED) is 0.497. The van der Waals surface area contributed by atoms with Crippen LogP contribution in [0.2, 0.25) is 0 Å². The normalized spacial score (nSPS) is 14.3. The second-order valence-corrected chi connectivity index (χ2v) is 8.89. The van der Waals surface area contributed by atoms with E-state index in [9.17, 15) is 18.0 Å². The molecule has 0 N–H and O–H groups in total. The molecule has 8 heteroatoms. The number of piperazine rings is 1. The average molecular weight is 483 g/mol. The van der Waals surface area contributed by atoms with Gasteiger partial charge >= 0.3 is 6.18 Å². The molecule has 0 aliphatic carbocycles. The van der Waals surface area contributed by atoms with Crippen molar-refractivity contribution >= 4 is 11.7 Å². The number of hydrogen-bond donors (Lipinski definition) is 0. The van der Waals surface area contributed by atoms with E-state index in [-0.39, 0.29) is 5.91 Å². The standard InChI is InChI=1S/C27H29F3N4O/c1-19-24(18-22-9-6-10-23(17-22)27(28,29)30)26(32-20(2)31-19)34-15-13-33(14-16-34)25(35)12-11-21-7-4-3-5-8-21/h3-10,17H,11-16,18H2,1-2H3. The lowest BCUT2D eigenvalue weighted by Gasteiger charge is -2.36. The van der Waals surface area contributed by atoms with Gasteiger partial charge in [-0.2, -0.15) is 13.2 Å². The number of alkyl halides is 3. The molecule has 3 aromatic rings. The molecule has 2 heterocycles. The van der Waals surface area contributed by atoms with Crippen LogP contribution in [0.25, 0.3) is 0 Å². The highest BCUT2D eigenvalue weighted by molar-refractivity contribution is 5.76. The first-order chi connectivity index (χ1) is 16.7. The second-order valence-electron chi connectivity index (χ2n) is 8.89. The van der Waals surface area contributed by atoms with Crippen LogP contribution in [0.1, 0.15) is 40.2 Å². The van der Waals surface area contributed by atoms with E-state index in [1.165, 1.54) is 12.1 Å². The van der Waals surface area contributed by atoms with E-state index in [0.29, 0.717) is 56.8 Å². The molecular weight excluding hydrogens is 453 g/mol. The van der Waals surface area contributed by atoms with Crippen molar-refractivity contribution in [2.45, 2.75) is 39.3 Å². The van der Waals surface area contributed by atoms with Gasteiger partial charge < -0.3 is 9.80 Å². The van der Waals surface area contributed by atoms with Crippen LogP contribution < -0.4 is 4.90 Å². The van der Waals surface area contributed by atoms with Crippen LogP contribution in [-0.2, 0) is 23.8 Å². The minimum absolute atomic E-state index is 0.132. The summed E-state index contributed by atoms with van der Waals surface area (Å²) in [5.74, 6) is 1.49. The highest BCUT2D eigenvalue weighted by Crippen LogP contribution is 2.31. The van der Waals surface area contributed by atoms with Gasteiger partial charge in [0.05, 0.1) is 5.56 Å². The van der Waals surface area contributed by atoms with Gasteiger partial charge in [0.25, 0.3) is 0 Å². The predicted molar refractivity (Wildman–Crippen MR) is 129 cm³/mol. The molecule has 1 saturated heterocycles. The molecule has 0 radical (unpaired) electrons. The zero-order valence-corrected chi connectivity index (χ0v) is 20.0. The molecule has 4 rings (SSSR count). The van der Waals surface area contributed by atoms with Crippen molar-refractivity contribution in [3.63, 3.8) is 0 Å². The lowest BCUT2D eigenvalue weighted by molar-refractivity contribution is -0.137. The number of rotatable bonds is 6. The smallest absolute Gasteiger partial charge is 0.353 e. The fraction of sp³-hybridized carbons (Fsp3) is 0.370. The first-order valence-corrected chi connectivity index (χ1v) is 11.8. The zero-order chi connectivity index (χ0) is 25.0. The number of anilines is 1. The lowest BCUT2D eigenvalue weighted by Crippen LogP contribution is -2.49. The van der Waals surface area contributed by atoms with Crippen molar-refractivity contribution in [2.75, 3.05) is 31.1 Å². The number of aromatic nitrogens is 2. The third kappa shape index (κ3) is 6.18. The van der Waals surface area contributed by atoms with Crippen LogP contribution in [0, 0.1) is 13.8 Å². The number of carbonyl (C=O) groups is 1. The Kier molecular flexibility index (Phi) is 7.38. The Morgan fingerprint density at radius 3 is 2.29 bits per heavy atom. The SMILES string of the molecule is Cc1nc(C)c(Cc2cccc(C(F)(F)F)c2)c(N2CCN(C(=O)CCc3ccccc3)CC2)n1. The predicted octanol–water partition coefficient (Wildman–Crippen LogP) is 4.98. The Balaban J connectivity index is 1.46. The van der Waals surface area contributed by atoms with Crippen molar-refractivity contribution in [3.05, 3.63) is 88.4 Å². The molecule has 0 unspecified atom stereocenters. The van der Waals surface area contributed by atoms with Crippen LogP contribution in [-0.4, -0.2) is 47.0 Å². The summed E-state index contributed by atoms with van der Waals surface area (Å²) >= 11 is 0. The molecule has 2 aromatic carbocycles. The monoisotopic (exact) mass is 482 g/mol. The molecule has 0 spiro atoms. The molecule has 35 heavy (non-hydrogen) atoms. The Morgan fingerprint density at radius 2 is 1.60 bits per heavy atom. The van der Waals surface area contributed by atoms with E-state index in [2.05, 4.69) is 14.9 Å². The van der Waals surface area contributed by atoms with Gasteiger partial charge in [0.15, 0.2) is 0 Å². The molecule has 1 fully saturated rings. The van der Waals surface area contributed by atoms with Gasteiger partial charge in [0.2, 0.25) is 5.91 Å². The minimum Gasteiger partial charge on any atom is -0.353 e. The van der Waals surface area contributed by atoms with Gasteiger partial charge in [-0.15, -0.1) is 0 Å². The summed E-state index contributed by atoms with van der Waals surface area (Å²) in [7, 11) is 0. The van der Waals surface area contributed by atoms with E-state index < -0.39 is 11.7 Å². The van der Waals surface area contributed by atoms with E-state index in [1.807, 2.05) is 49.1 Å². The van der Waals surface area contributed by atoms with Gasteiger partial charge in [-0.25, -0.2) is 9.97 Å². The summed E-state index contributed by atoms with van der Waals surface area (Å²) in [6.07, 6.45) is -2.90. The number of amides is 1. The largest absolute Gasteiger partial charge is 0.416 e. The average Bonchev–Trinajstić information content (AvgIpc) is 2.84.